The number of hydrogen-bond donors (Lipinski definition) is 1. The fourth-order valence-corrected chi connectivity index (χ4v) is 1.23. The molecule has 72 valence electrons. The van der Waals surface area contributed by atoms with Crippen LogP contribution in [0.15, 0.2) is 12.2 Å². The molecule has 0 aliphatic carbocycles. The van der Waals surface area contributed by atoms with Gasteiger partial charge in [0.1, 0.15) is 0 Å². The minimum atomic E-state index is -0.0873. The molecule has 4 nitrogen and oxygen atoms in total. The van der Waals surface area contributed by atoms with Crippen LogP contribution in [0.5, 0.6) is 0 Å². The Bertz CT molecular complexity index is 242. The average Bonchev–Trinajstić information content (AvgIpc) is 1.95. The van der Waals surface area contributed by atoms with Crippen LogP contribution in [0, 0.1) is 0 Å². The predicted molar refractivity (Wildman–Crippen MR) is 49.0 cm³/mol. The zero-order chi connectivity index (χ0) is 9.84. The lowest BCUT2D eigenvalue weighted by Crippen LogP contribution is -2.60. The Morgan fingerprint density at radius 1 is 1.46 bits per heavy atom. The number of likely N-dealkylation sites (tertiary alicyclic amines) is 1. The molecule has 2 amide bonds. The van der Waals surface area contributed by atoms with E-state index in [0.29, 0.717) is 13.1 Å². The van der Waals surface area contributed by atoms with Crippen molar-refractivity contribution in [1.82, 2.24) is 10.2 Å². The molecule has 0 atom stereocenters. The summed E-state index contributed by atoms with van der Waals surface area (Å²) in [5.74, 6) is -0.0211. The fraction of sp³-hybridized carbons (Fsp3) is 0.556. The molecule has 1 N–H and O–H groups in total. The average molecular weight is 182 g/mol. The SMILES string of the molecule is C/C=C/C(=O)NC1CN(C(C)=O)C1. The maximum atomic E-state index is 11.0. The smallest absolute Gasteiger partial charge is 0.243 e. The van der Waals surface area contributed by atoms with E-state index in [0.717, 1.165) is 0 Å². The summed E-state index contributed by atoms with van der Waals surface area (Å²) in [5, 5.41) is 2.78. The Morgan fingerprint density at radius 2 is 2.08 bits per heavy atom. The lowest BCUT2D eigenvalue weighted by atomic mass is 10.1. The lowest BCUT2D eigenvalue weighted by molar-refractivity contribution is -0.135. The number of amides is 2. The maximum Gasteiger partial charge on any atom is 0.243 e. The van der Waals surface area contributed by atoms with E-state index in [4.69, 9.17) is 0 Å². The van der Waals surface area contributed by atoms with Gasteiger partial charge in [0.25, 0.3) is 0 Å². The molecule has 0 radical (unpaired) electrons. The van der Waals surface area contributed by atoms with E-state index in [1.54, 1.807) is 17.9 Å². The molecule has 1 saturated heterocycles. The van der Waals surface area contributed by atoms with Gasteiger partial charge < -0.3 is 10.2 Å². The predicted octanol–water partition coefficient (Wildman–Crippen LogP) is -0.0906. The van der Waals surface area contributed by atoms with E-state index in [1.165, 1.54) is 13.0 Å². The highest BCUT2D eigenvalue weighted by Gasteiger charge is 2.28. The largest absolute Gasteiger partial charge is 0.346 e. The summed E-state index contributed by atoms with van der Waals surface area (Å²) in [5.41, 5.74) is 0. The normalized spacial score (nSPS) is 17.2. The van der Waals surface area contributed by atoms with Gasteiger partial charge in [0.05, 0.1) is 6.04 Å². The number of rotatable bonds is 2. The molecule has 0 saturated carbocycles. The van der Waals surface area contributed by atoms with Crippen LogP contribution in [0.3, 0.4) is 0 Å². The van der Waals surface area contributed by atoms with Gasteiger partial charge in [0, 0.05) is 20.0 Å². The number of nitrogens with zero attached hydrogens (tertiary/aromatic N) is 1. The van der Waals surface area contributed by atoms with Crippen molar-refractivity contribution in [2.75, 3.05) is 13.1 Å². The lowest BCUT2D eigenvalue weighted by Gasteiger charge is -2.38. The summed E-state index contributed by atoms with van der Waals surface area (Å²) >= 11 is 0. The standard InChI is InChI=1S/C9H14N2O2/c1-3-4-9(13)10-8-5-11(6-8)7(2)12/h3-4,8H,5-6H2,1-2H3,(H,10,13)/b4-3+. The Balaban J connectivity index is 2.22. The van der Waals surface area contributed by atoms with Crippen LogP contribution in [-0.2, 0) is 9.59 Å². The quantitative estimate of drug-likeness (QED) is 0.607. The van der Waals surface area contributed by atoms with Crippen LogP contribution >= 0.6 is 0 Å². The molecule has 1 fully saturated rings. The maximum absolute atomic E-state index is 11.0. The van der Waals surface area contributed by atoms with E-state index in [-0.39, 0.29) is 17.9 Å². The second-order valence-corrected chi connectivity index (χ2v) is 3.13. The van der Waals surface area contributed by atoms with Gasteiger partial charge in [-0.3, -0.25) is 9.59 Å². The van der Waals surface area contributed by atoms with Crippen molar-refractivity contribution in [1.29, 1.82) is 0 Å². The molecule has 0 bridgehead atoms. The molecular formula is C9H14N2O2. The second kappa shape index (κ2) is 4.07. The van der Waals surface area contributed by atoms with Crippen molar-refractivity contribution < 1.29 is 9.59 Å². The molecular weight excluding hydrogens is 168 g/mol. The van der Waals surface area contributed by atoms with E-state index in [1.807, 2.05) is 0 Å². The number of hydrogen-bond acceptors (Lipinski definition) is 2. The summed E-state index contributed by atoms with van der Waals surface area (Å²) < 4.78 is 0. The Morgan fingerprint density at radius 3 is 2.54 bits per heavy atom. The van der Waals surface area contributed by atoms with Crippen molar-refractivity contribution in [2.24, 2.45) is 0 Å². The first kappa shape index (κ1) is 9.77. The highest BCUT2D eigenvalue weighted by Crippen LogP contribution is 2.07. The zero-order valence-electron chi connectivity index (χ0n) is 7.91. The van der Waals surface area contributed by atoms with Gasteiger partial charge in [-0.25, -0.2) is 0 Å². The third kappa shape index (κ3) is 2.57. The monoisotopic (exact) mass is 182 g/mol. The molecule has 1 heterocycles. The molecule has 0 aromatic carbocycles. The summed E-state index contributed by atoms with van der Waals surface area (Å²) in [6, 6.07) is 0.132. The number of allylic oxidation sites excluding steroid dienone is 1. The van der Waals surface area contributed by atoms with Crippen LogP contribution in [0.2, 0.25) is 0 Å². The summed E-state index contributed by atoms with van der Waals surface area (Å²) in [4.78, 5) is 23.5. The number of carbonyl (C=O) groups excluding carboxylic acids is 2. The van der Waals surface area contributed by atoms with Gasteiger partial charge >= 0.3 is 0 Å². The number of carbonyl (C=O) groups is 2. The molecule has 4 heteroatoms. The van der Waals surface area contributed by atoms with Crippen LogP contribution in [0.25, 0.3) is 0 Å². The van der Waals surface area contributed by atoms with Crippen LogP contribution in [0.4, 0.5) is 0 Å². The molecule has 1 rings (SSSR count). The van der Waals surface area contributed by atoms with Crippen LogP contribution in [0.1, 0.15) is 13.8 Å². The minimum absolute atomic E-state index is 0.0662. The number of nitrogens with one attached hydrogen (secondary N) is 1. The van der Waals surface area contributed by atoms with Crippen molar-refractivity contribution in [3.05, 3.63) is 12.2 Å². The zero-order valence-corrected chi connectivity index (χ0v) is 7.91. The summed E-state index contributed by atoms with van der Waals surface area (Å²) in [6.45, 7) is 4.60. The van der Waals surface area contributed by atoms with Crippen LogP contribution < -0.4 is 5.32 Å². The first-order chi connectivity index (χ1) is 6.13. The molecule has 1 aliphatic rings. The third-order valence-corrected chi connectivity index (χ3v) is 1.99. The molecule has 13 heavy (non-hydrogen) atoms. The molecule has 1 aliphatic heterocycles. The van der Waals surface area contributed by atoms with Gasteiger partial charge in [-0.15, -0.1) is 0 Å². The van der Waals surface area contributed by atoms with Gasteiger partial charge in [-0.1, -0.05) is 6.08 Å². The van der Waals surface area contributed by atoms with Crippen molar-refractivity contribution >= 4 is 11.8 Å². The Hall–Kier alpha value is -1.32. The van der Waals surface area contributed by atoms with Crippen molar-refractivity contribution in [3.8, 4) is 0 Å². The van der Waals surface area contributed by atoms with Crippen molar-refractivity contribution in [2.45, 2.75) is 19.9 Å². The molecule has 0 unspecified atom stereocenters. The van der Waals surface area contributed by atoms with E-state index < -0.39 is 0 Å². The molecule has 0 aromatic rings. The first-order valence-corrected chi connectivity index (χ1v) is 4.32. The molecule has 0 spiro atoms. The summed E-state index contributed by atoms with van der Waals surface area (Å²) in [6.07, 6.45) is 3.17. The topological polar surface area (TPSA) is 49.4 Å². The highest BCUT2D eigenvalue weighted by molar-refractivity contribution is 5.88. The van der Waals surface area contributed by atoms with Gasteiger partial charge in [0.15, 0.2) is 0 Å². The third-order valence-electron chi connectivity index (χ3n) is 1.99. The Kier molecular flexibility index (Phi) is 3.06. The second-order valence-electron chi connectivity index (χ2n) is 3.13. The van der Waals surface area contributed by atoms with Gasteiger partial charge in [0.2, 0.25) is 11.8 Å². The highest BCUT2D eigenvalue weighted by atomic mass is 16.2. The van der Waals surface area contributed by atoms with Gasteiger partial charge in [-0.05, 0) is 13.0 Å². The van der Waals surface area contributed by atoms with E-state index in [9.17, 15) is 9.59 Å². The van der Waals surface area contributed by atoms with E-state index in [2.05, 4.69) is 5.32 Å². The van der Waals surface area contributed by atoms with E-state index >= 15 is 0 Å². The molecule has 0 aromatic heterocycles. The minimum Gasteiger partial charge on any atom is -0.346 e. The van der Waals surface area contributed by atoms with Crippen molar-refractivity contribution in [3.63, 3.8) is 0 Å². The first-order valence-electron chi connectivity index (χ1n) is 4.32. The fourth-order valence-electron chi connectivity index (χ4n) is 1.23. The summed E-state index contributed by atoms with van der Waals surface area (Å²) in [7, 11) is 0. The Labute approximate surface area is 77.6 Å². The van der Waals surface area contributed by atoms with Gasteiger partial charge in [-0.2, -0.15) is 0 Å². The van der Waals surface area contributed by atoms with Crippen LogP contribution in [-0.4, -0.2) is 35.8 Å².